The van der Waals surface area contributed by atoms with Gasteiger partial charge in [0.15, 0.2) is 0 Å². The molecule has 0 bridgehead atoms. The number of fused-ring (bicyclic) bond motifs is 1. The summed E-state index contributed by atoms with van der Waals surface area (Å²) in [5, 5.41) is 10.3. The van der Waals surface area contributed by atoms with Gasteiger partial charge in [-0.3, -0.25) is 0 Å². The smallest absolute Gasteiger partial charge is 0.350 e. The van der Waals surface area contributed by atoms with Crippen LogP contribution >= 0.6 is 0 Å². The van der Waals surface area contributed by atoms with E-state index in [0.29, 0.717) is 6.42 Å². The van der Waals surface area contributed by atoms with Crippen molar-refractivity contribution in [2.24, 2.45) is 5.92 Å². The maximum atomic E-state index is 11.7. The van der Waals surface area contributed by atoms with Crippen LogP contribution in [0.2, 0.25) is 0 Å². The van der Waals surface area contributed by atoms with E-state index in [1.807, 2.05) is 0 Å². The first-order valence-electron chi connectivity index (χ1n) is 6.12. The summed E-state index contributed by atoms with van der Waals surface area (Å²) in [5.41, 5.74) is -2.09. The van der Waals surface area contributed by atoms with E-state index in [4.69, 9.17) is 4.74 Å². The number of hydrogen-bond acceptors (Lipinski definition) is 5. The second-order valence-electron chi connectivity index (χ2n) is 4.80. The summed E-state index contributed by atoms with van der Waals surface area (Å²) in [5.74, 6) is -2.19. The molecule has 3 atom stereocenters. The molecule has 0 aromatic heterocycles. The van der Waals surface area contributed by atoms with Crippen LogP contribution in [0.1, 0.15) is 38.5 Å². The molecule has 0 aromatic rings. The van der Waals surface area contributed by atoms with Crippen molar-refractivity contribution < 1.29 is 24.2 Å². The molecule has 0 amide bonds. The molecule has 0 radical (unpaired) electrons. The third kappa shape index (κ3) is 1.92. The minimum absolute atomic E-state index is 0.341. The Morgan fingerprint density at radius 1 is 1.35 bits per heavy atom. The number of esters is 2. The van der Waals surface area contributed by atoms with E-state index in [1.165, 1.54) is 7.11 Å². The number of ether oxygens (including phenoxy) is 2. The fraction of sp³-hybridized carbons (Fsp3) is 0.833. The summed E-state index contributed by atoms with van der Waals surface area (Å²) in [6.45, 7) is 0. The van der Waals surface area contributed by atoms with Gasteiger partial charge in [0.05, 0.1) is 7.11 Å². The van der Waals surface area contributed by atoms with E-state index in [9.17, 15) is 14.7 Å². The largest absolute Gasteiger partial charge is 0.466 e. The van der Waals surface area contributed by atoms with E-state index < -0.39 is 23.5 Å². The number of hydrogen-bond donors (Lipinski definition) is 1. The van der Waals surface area contributed by atoms with Gasteiger partial charge >= 0.3 is 11.9 Å². The topological polar surface area (TPSA) is 72.8 Å². The van der Waals surface area contributed by atoms with Crippen LogP contribution < -0.4 is 0 Å². The Morgan fingerprint density at radius 2 is 2.00 bits per heavy atom. The van der Waals surface area contributed by atoms with Crippen molar-refractivity contribution in [3.05, 3.63) is 0 Å². The number of methoxy groups -OCH3 is 1. The van der Waals surface area contributed by atoms with E-state index in [1.54, 1.807) is 0 Å². The molecule has 2 rings (SSSR count). The van der Waals surface area contributed by atoms with Gasteiger partial charge in [0.25, 0.3) is 5.60 Å². The minimum atomic E-state index is -2.09. The third-order valence-corrected chi connectivity index (χ3v) is 3.81. The van der Waals surface area contributed by atoms with Gasteiger partial charge in [-0.15, -0.1) is 0 Å². The fourth-order valence-electron chi connectivity index (χ4n) is 2.84. The van der Waals surface area contributed by atoms with Crippen LogP contribution in [0.25, 0.3) is 0 Å². The maximum absolute atomic E-state index is 11.7. The van der Waals surface area contributed by atoms with Crippen LogP contribution in [0.3, 0.4) is 0 Å². The van der Waals surface area contributed by atoms with Crippen LogP contribution in [0, 0.1) is 5.92 Å². The van der Waals surface area contributed by atoms with Crippen LogP contribution in [-0.4, -0.2) is 35.9 Å². The zero-order valence-electron chi connectivity index (χ0n) is 9.98. The lowest BCUT2D eigenvalue weighted by atomic mass is 9.79. The highest BCUT2D eigenvalue weighted by atomic mass is 16.6. The highest BCUT2D eigenvalue weighted by molar-refractivity contribution is 6.05. The Hall–Kier alpha value is -1.10. The van der Waals surface area contributed by atoms with Crippen LogP contribution in [-0.2, 0) is 19.1 Å². The molecule has 0 aromatic carbocycles. The molecule has 0 spiro atoms. The normalized spacial score (nSPS) is 37.6. The van der Waals surface area contributed by atoms with Gasteiger partial charge in [0, 0.05) is 5.92 Å². The van der Waals surface area contributed by atoms with Crippen LogP contribution in [0.5, 0.6) is 0 Å². The molecule has 1 N–H and O–H groups in total. The van der Waals surface area contributed by atoms with E-state index in [2.05, 4.69) is 4.74 Å². The minimum Gasteiger partial charge on any atom is -0.466 e. The van der Waals surface area contributed by atoms with Crippen molar-refractivity contribution >= 4 is 11.9 Å². The highest BCUT2D eigenvalue weighted by Crippen LogP contribution is 2.40. The second-order valence-corrected chi connectivity index (χ2v) is 4.80. The molecule has 2 aliphatic rings. The first-order chi connectivity index (χ1) is 8.10. The average molecular weight is 242 g/mol. The van der Waals surface area contributed by atoms with E-state index in [-0.39, 0.29) is 6.10 Å². The molecule has 0 unspecified atom stereocenters. The van der Waals surface area contributed by atoms with Crippen molar-refractivity contribution in [1.29, 1.82) is 0 Å². The number of carbonyl (C=O) groups excluding carboxylic acids is 2. The fourth-order valence-corrected chi connectivity index (χ4v) is 2.84. The summed E-state index contributed by atoms with van der Waals surface area (Å²) in [6.07, 6.45) is 5.04. The van der Waals surface area contributed by atoms with Crippen molar-refractivity contribution in [2.75, 3.05) is 7.11 Å². The number of carbonyl (C=O) groups is 2. The van der Waals surface area contributed by atoms with Gasteiger partial charge in [0.2, 0.25) is 0 Å². The predicted molar refractivity (Wildman–Crippen MR) is 58.0 cm³/mol. The summed E-state index contributed by atoms with van der Waals surface area (Å²) in [6, 6.07) is 0. The van der Waals surface area contributed by atoms with Crippen LogP contribution in [0.4, 0.5) is 0 Å². The lowest BCUT2D eigenvalue weighted by Crippen LogP contribution is -2.50. The van der Waals surface area contributed by atoms with Crippen molar-refractivity contribution in [2.45, 2.75) is 50.2 Å². The Bertz CT molecular complexity index is 327. The van der Waals surface area contributed by atoms with Gasteiger partial charge in [-0.25, -0.2) is 9.59 Å². The summed E-state index contributed by atoms with van der Waals surface area (Å²) < 4.78 is 9.69. The first kappa shape index (κ1) is 12.4. The van der Waals surface area contributed by atoms with Crippen molar-refractivity contribution in [1.82, 2.24) is 0 Å². The summed E-state index contributed by atoms with van der Waals surface area (Å²) in [4.78, 5) is 23.3. The first-order valence-corrected chi connectivity index (χ1v) is 6.12. The Balaban J connectivity index is 2.25. The zero-order chi connectivity index (χ0) is 12.5. The van der Waals surface area contributed by atoms with Gasteiger partial charge in [0.1, 0.15) is 6.10 Å². The molecule has 17 heavy (non-hydrogen) atoms. The molecule has 1 saturated heterocycles. The molecule has 2 fully saturated rings. The molecule has 1 saturated carbocycles. The predicted octanol–water partition coefficient (Wildman–Crippen LogP) is 0.786. The van der Waals surface area contributed by atoms with Crippen molar-refractivity contribution in [3.8, 4) is 0 Å². The zero-order valence-corrected chi connectivity index (χ0v) is 9.98. The van der Waals surface area contributed by atoms with Gasteiger partial charge < -0.3 is 14.6 Å². The SMILES string of the molecule is COC(=O)[C@@]1(O)C(=O)O[C@@H]2CCCCCC[C@H]21. The number of rotatable bonds is 1. The van der Waals surface area contributed by atoms with E-state index >= 15 is 0 Å². The molecule has 5 nitrogen and oxygen atoms in total. The molecular formula is C12H18O5. The quantitative estimate of drug-likeness (QED) is 0.543. The van der Waals surface area contributed by atoms with E-state index in [0.717, 1.165) is 32.1 Å². The van der Waals surface area contributed by atoms with Gasteiger partial charge in [-0.1, -0.05) is 19.3 Å². The molecule has 5 heteroatoms. The molecule has 96 valence electrons. The highest BCUT2D eigenvalue weighted by Gasteiger charge is 2.62. The Labute approximate surface area is 100 Å². The average Bonchev–Trinajstić information content (AvgIpc) is 2.52. The van der Waals surface area contributed by atoms with Crippen molar-refractivity contribution in [3.63, 3.8) is 0 Å². The van der Waals surface area contributed by atoms with Crippen LogP contribution in [0.15, 0.2) is 0 Å². The number of aliphatic hydroxyl groups is 1. The Morgan fingerprint density at radius 3 is 2.65 bits per heavy atom. The standard InChI is InChI=1S/C12H18O5/c1-16-10(13)12(15)8-6-4-2-3-5-7-9(8)17-11(12)14/h8-9,15H,2-7H2,1H3/t8-,9-,12-/m1/s1. The lowest BCUT2D eigenvalue weighted by Gasteiger charge is -2.26. The van der Waals surface area contributed by atoms with Gasteiger partial charge in [-0.05, 0) is 19.3 Å². The molecular weight excluding hydrogens is 224 g/mol. The lowest BCUT2D eigenvalue weighted by molar-refractivity contribution is -0.175. The third-order valence-electron chi connectivity index (χ3n) is 3.81. The molecule has 1 aliphatic heterocycles. The Kier molecular flexibility index (Phi) is 3.38. The summed E-state index contributed by atoms with van der Waals surface area (Å²) in [7, 11) is 1.17. The monoisotopic (exact) mass is 242 g/mol. The second kappa shape index (κ2) is 4.64. The maximum Gasteiger partial charge on any atom is 0.350 e. The van der Waals surface area contributed by atoms with Gasteiger partial charge in [-0.2, -0.15) is 0 Å². The summed E-state index contributed by atoms with van der Waals surface area (Å²) >= 11 is 0. The molecule has 1 heterocycles. The molecule has 1 aliphatic carbocycles.